The molecular formula is C23H32N4O. The molecule has 5 heteroatoms. The van der Waals surface area contributed by atoms with E-state index in [1.807, 2.05) is 24.5 Å². The van der Waals surface area contributed by atoms with Crippen molar-refractivity contribution in [3.63, 3.8) is 0 Å². The third kappa shape index (κ3) is 4.00. The summed E-state index contributed by atoms with van der Waals surface area (Å²) in [5.41, 5.74) is 8.43. The first-order valence-corrected chi connectivity index (χ1v) is 10.7. The second kappa shape index (κ2) is 8.08. The molecule has 2 unspecified atom stereocenters. The Balaban J connectivity index is 1.42. The molecular weight excluding hydrogens is 348 g/mol. The second-order valence-corrected chi connectivity index (χ2v) is 8.95. The van der Waals surface area contributed by atoms with Crippen LogP contribution >= 0.6 is 0 Å². The molecule has 2 bridgehead atoms. The summed E-state index contributed by atoms with van der Waals surface area (Å²) < 4.78 is 2.18. The molecule has 1 aromatic heterocycles. The fraction of sp³-hybridized carbons (Fsp3) is 0.565. The van der Waals surface area contributed by atoms with Crippen LogP contribution in [0.25, 0.3) is 0 Å². The van der Waals surface area contributed by atoms with Crippen LogP contribution in [0.5, 0.6) is 0 Å². The lowest BCUT2D eigenvalue weighted by atomic mass is 9.65. The first-order valence-electron chi connectivity index (χ1n) is 10.7. The molecule has 1 amide bonds. The number of nitrogens with zero attached hydrogens (tertiary/aromatic N) is 2. The van der Waals surface area contributed by atoms with Gasteiger partial charge in [-0.1, -0.05) is 32.4 Å². The number of carbonyl (C=O) groups excluding carboxylic acids is 1. The van der Waals surface area contributed by atoms with Gasteiger partial charge in [0.15, 0.2) is 0 Å². The number of aromatic nitrogens is 2. The summed E-state index contributed by atoms with van der Waals surface area (Å²) in [5.74, 6) is 2.76. The Labute approximate surface area is 167 Å². The quantitative estimate of drug-likeness (QED) is 0.818. The predicted octanol–water partition coefficient (Wildman–Crippen LogP) is 4.15. The maximum absolute atomic E-state index is 12.9. The van der Waals surface area contributed by atoms with Crippen LogP contribution in [0.1, 0.15) is 63.3 Å². The number of rotatable bonds is 5. The zero-order chi connectivity index (χ0) is 19.7. The van der Waals surface area contributed by atoms with Gasteiger partial charge in [0.1, 0.15) is 5.82 Å². The summed E-state index contributed by atoms with van der Waals surface area (Å²) in [5, 5.41) is 3.17. The summed E-state index contributed by atoms with van der Waals surface area (Å²) in [7, 11) is 0. The molecule has 0 saturated heterocycles. The van der Waals surface area contributed by atoms with Gasteiger partial charge in [-0.15, -0.1) is 0 Å². The van der Waals surface area contributed by atoms with Gasteiger partial charge < -0.3 is 15.6 Å². The first kappa shape index (κ1) is 19.2. The lowest BCUT2D eigenvalue weighted by molar-refractivity contribution is -0.122. The van der Waals surface area contributed by atoms with Crippen molar-refractivity contribution in [2.45, 2.75) is 64.5 Å². The van der Waals surface area contributed by atoms with Crippen molar-refractivity contribution in [3.05, 3.63) is 48.0 Å². The van der Waals surface area contributed by atoms with E-state index in [4.69, 9.17) is 5.73 Å². The van der Waals surface area contributed by atoms with Crippen LogP contribution in [0, 0.1) is 17.8 Å². The van der Waals surface area contributed by atoms with Crippen LogP contribution in [-0.4, -0.2) is 21.5 Å². The molecule has 0 aliphatic heterocycles. The fourth-order valence-corrected chi connectivity index (χ4v) is 5.15. The molecule has 1 aromatic carbocycles. The molecule has 28 heavy (non-hydrogen) atoms. The molecule has 0 spiro atoms. The predicted molar refractivity (Wildman–Crippen MR) is 112 cm³/mol. The minimum Gasteiger partial charge on any atom is -0.330 e. The number of anilines is 1. The maximum atomic E-state index is 12.9. The van der Waals surface area contributed by atoms with Crippen molar-refractivity contribution in [1.82, 2.24) is 9.55 Å². The smallest absolute Gasteiger partial charge is 0.227 e. The molecule has 2 saturated carbocycles. The summed E-state index contributed by atoms with van der Waals surface area (Å²) >= 11 is 0. The van der Waals surface area contributed by atoms with E-state index in [9.17, 15) is 4.79 Å². The molecule has 2 atom stereocenters. The van der Waals surface area contributed by atoms with Gasteiger partial charge in [0, 0.05) is 42.5 Å². The zero-order valence-corrected chi connectivity index (χ0v) is 17.0. The number of hydrogen-bond donors (Lipinski definition) is 2. The topological polar surface area (TPSA) is 72.9 Å². The Morgan fingerprint density at radius 1 is 1.29 bits per heavy atom. The monoisotopic (exact) mass is 380 g/mol. The van der Waals surface area contributed by atoms with Gasteiger partial charge in [0.05, 0.1) is 0 Å². The average Bonchev–Trinajstić information content (AvgIpc) is 3.10. The van der Waals surface area contributed by atoms with E-state index in [1.165, 1.54) is 24.8 Å². The lowest BCUT2D eigenvalue weighted by Crippen LogP contribution is -2.48. The van der Waals surface area contributed by atoms with Crippen molar-refractivity contribution in [2.24, 2.45) is 23.5 Å². The minimum atomic E-state index is 0.0972. The molecule has 2 aliphatic rings. The molecule has 3 N–H and O–H groups in total. The Hall–Kier alpha value is -2.14. The van der Waals surface area contributed by atoms with Gasteiger partial charge in [0.25, 0.3) is 0 Å². The third-order valence-electron chi connectivity index (χ3n) is 6.60. The van der Waals surface area contributed by atoms with Crippen molar-refractivity contribution in [1.29, 1.82) is 0 Å². The maximum Gasteiger partial charge on any atom is 0.227 e. The number of nitrogens with two attached hydrogens (primary N) is 1. The average molecular weight is 381 g/mol. The van der Waals surface area contributed by atoms with Crippen LogP contribution in [0.4, 0.5) is 5.69 Å². The van der Waals surface area contributed by atoms with E-state index < -0.39 is 0 Å². The van der Waals surface area contributed by atoms with Crippen LogP contribution in [0.2, 0.25) is 0 Å². The number of carbonyl (C=O) groups is 1. The summed E-state index contributed by atoms with van der Waals surface area (Å²) in [4.78, 5) is 17.4. The van der Waals surface area contributed by atoms with Gasteiger partial charge in [-0.3, -0.25) is 4.79 Å². The van der Waals surface area contributed by atoms with Crippen molar-refractivity contribution >= 4 is 11.6 Å². The first-order chi connectivity index (χ1) is 13.5. The highest BCUT2D eigenvalue weighted by molar-refractivity contribution is 5.92. The Bertz CT molecular complexity index is 814. The zero-order valence-electron chi connectivity index (χ0n) is 17.0. The fourth-order valence-electron chi connectivity index (χ4n) is 5.15. The molecule has 4 rings (SSSR count). The van der Waals surface area contributed by atoms with E-state index in [1.54, 1.807) is 0 Å². The Morgan fingerprint density at radius 2 is 2.04 bits per heavy atom. The third-order valence-corrected chi connectivity index (χ3v) is 6.60. The second-order valence-electron chi connectivity index (χ2n) is 8.95. The van der Waals surface area contributed by atoms with Crippen LogP contribution < -0.4 is 11.1 Å². The van der Waals surface area contributed by atoms with E-state index >= 15 is 0 Å². The van der Waals surface area contributed by atoms with E-state index in [-0.39, 0.29) is 11.8 Å². The number of nitrogens with one attached hydrogen (secondary N) is 1. The van der Waals surface area contributed by atoms with Gasteiger partial charge in [-0.25, -0.2) is 4.98 Å². The molecule has 150 valence electrons. The molecule has 2 aromatic rings. The van der Waals surface area contributed by atoms with Crippen LogP contribution in [0.15, 0.2) is 36.7 Å². The summed E-state index contributed by atoms with van der Waals surface area (Å²) in [6.45, 7) is 5.07. The van der Waals surface area contributed by atoms with Crippen molar-refractivity contribution in [2.75, 3.05) is 5.32 Å². The van der Waals surface area contributed by atoms with Gasteiger partial charge in [-0.05, 0) is 55.2 Å². The highest BCUT2D eigenvalue weighted by Crippen LogP contribution is 2.42. The molecule has 2 fully saturated rings. The highest BCUT2D eigenvalue weighted by Gasteiger charge is 2.40. The summed E-state index contributed by atoms with van der Waals surface area (Å²) in [6, 6.07) is 8.48. The van der Waals surface area contributed by atoms with E-state index in [0.29, 0.717) is 23.8 Å². The molecule has 0 radical (unpaired) electrons. The molecule has 1 heterocycles. The van der Waals surface area contributed by atoms with Crippen LogP contribution in [0.3, 0.4) is 0 Å². The summed E-state index contributed by atoms with van der Waals surface area (Å²) in [6.07, 6.45) is 9.38. The van der Waals surface area contributed by atoms with Crippen molar-refractivity contribution < 1.29 is 4.79 Å². The number of hydrogen-bond acceptors (Lipinski definition) is 3. The number of imidazole rings is 1. The van der Waals surface area contributed by atoms with Gasteiger partial charge in [-0.2, -0.15) is 0 Å². The van der Waals surface area contributed by atoms with Gasteiger partial charge >= 0.3 is 0 Å². The lowest BCUT2D eigenvalue weighted by Gasteiger charge is -2.43. The Morgan fingerprint density at radius 3 is 2.75 bits per heavy atom. The highest BCUT2D eigenvalue weighted by atomic mass is 16.1. The standard InChI is InChI=1S/C23H32N4O/c1-15(2)22-25-9-10-27(22)14-16-5-3-8-20(11-16)26-23(28)19-12-17-6-4-7-18(13-19)21(17)24/h3,5,8-11,15,17-19,21H,4,6-7,12-14,24H2,1-2H3,(H,26,28). The van der Waals surface area contributed by atoms with Crippen molar-refractivity contribution in [3.8, 4) is 0 Å². The molecule has 2 aliphatic carbocycles. The normalized spacial score (nSPS) is 27.0. The van der Waals surface area contributed by atoms with E-state index in [2.05, 4.69) is 40.8 Å². The van der Waals surface area contributed by atoms with Gasteiger partial charge in [0.2, 0.25) is 5.91 Å². The largest absolute Gasteiger partial charge is 0.330 e. The van der Waals surface area contributed by atoms with E-state index in [0.717, 1.165) is 30.9 Å². The molecule has 5 nitrogen and oxygen atoms in total. The number of benzene rings is 1. The minimum absolute atomic E-state index is 0.0972. The SMILES string of the molecule is CC(C)c1nccn1Cc1cccc(NC(=O)C2CC3CCCC(C2)C3N)c1. The number of amides is 1. The number of fused-ring (bicyclic) bond motifs is 2. The van der Waals surface area contributed by atoms with Crippen LogP contribution in [-0.2, 0) is 11.3 Å². The Kier molecular flexibility index (Phi) is 5.54.